The van der Waals surface area contributed by atoms with Gasteiger partial charge in [0.15, 0.2) is 0 Å². The number of nitrogens with zero attached hydrogens (tertiary/aromatic N) is 1. The normalized spacial score (nSPS) is 16.7. The molecule has 1 aliphatic heterocycles. The molecule has 0 fully saturated rings. The molecule has 2 N–H and O–H groups in total. The number of aromatic nitrogens is 1. The Morgan fingerprint density at radius 1 is 1.29 bits per heavy atom. The lowest BCUT2D eigenvalue weighted by Crippen LogP contribution is -2.38. The molecule has 2 aromatic rings. The minimum absolute atomic E-state index is 0.0234. The number of para-hydroxylation sites is 1. The number of hydrogen-bond acceptors (Lipinski definition) is 3. The molecule has 1 aliphatic rings. The summed E-state index contributed by atoms with van der Waals surface area (Å²) in [6.07, 6.45) is 0.788. The highest BCUT2D eigenvalue weighted by molar-refractivity contribution is 5.80. The zero-order chi connectivity index (χ0) is 14.7. The minimum atomic E-state index is -0.0234. The van der Waals surface area contributed by atoms with Crippen LogP contribution >= 0.6 is 0 Å². The highest BCUT2D eigenvalue weighted by Crippen LogP contribution is 2.24. The number of pyridine rings is 1. The van der Waals surface area contributed by atoms with E-state index in [1.807, 2.05) is 37.3 Å². The molecule has 0 spiro atoms. The van der Waals surface area contributed by atoms with E-state index in [0.29, 0.717) is 13.1 Å². The van der Waals surface area contributed by atoms with Gasteiger partial charge in [-0.3, -0.25) is 9.78 Å². The first-order chi connectivity index (χ1) is 10.2. The first kappa shape index (κ1) is 13.6. The van der Waals surface area contributed by atoms with Crippen molar-refractivity contribution in [1.82, 2.24) is 10.3 Å². The van der Waals surface area contributed by atoms with Crippen LogP contribution in [0.25, 0.3) is 0 Å². The SMILES string of the molecule is Cc1cccc(CNC(=O)C2CNc3ccccc3C2)n1. The smallest absolute Gasteiger partial charge is 0.225 e. The van der Waals surface area contributed by atoms with Crippen LogP contribution in [0.1, 0.15) is 17.0 Å². The summed E-state index contributed by atoms with van der Waals surface area (Å²) in [4.78, 5) is 16.7. The second-order valence-electron chi connectivity index (χ2n) is 5.43. The van der Waals surface area contributed by atoms with Gasteiger partial charge in [0, 0.05) is 17.9 Å². The summed E-state index contributed by atoms with van der Waals surface area (Å²) in [6.45, 7) is 3.12. The van der Waals surface area contributed by atoms with Crippen LogP contribution in [0.15, 0.2) is 42.5 Å². The van der Waals surface area contributed by atoms with E-state index >= 15 is 0 Å². The van der Waals surface area contributed by atoms with Crippen molar-refractivity contribution >= 4 is 11.6 Å². The molecule has 4 nitrogen and oxygen atoms in total. The Kier molecular flexibility index (Phi) is 3.86. The zero-order valence-electron chi connectivity index (χ0n) is 12.1. The van der Waals surface area contributed by atoms with Gasteiger partial charge in [-0.05, 0) is 37.1 Å². The van der Waals surface area contributed by atoms with Gasteiger partial charge in [-0.15, -0.1) is 0 Å². The average Bonchev–Trinajstić information content (AvgIpc) is 2.52. The van der Waals surface area contributed by atoms with Crippen molar-refractivity contribution in [3.05, 3.63) is 59.4 Å². The van der Waals surface area contributed by atoms with Crippen molar-refractivity contribution in [2.24, 2.45) is 5.92 Å². The maximum atomic E-state index is 12.3. The number of hydrogen-bond donors (Lipinski definition) is 2. The van der Waals surface area contributed by atoms with Crippen LogP contribution in [0, 0.1) is 12.8 Å². The van der Waals surface area contributed by atoms with Crippen molar-refractivity contribution in [2.75, 3.05) is 11.9 Å². The van der Waals surface area contributed by atoms with Gasteiger partial charge in [0.25, 0.3) is 0 Å². The van der Waals surface area contributed by atoms with E-state index in [4.69, 9.17) is 0 Å². The summed E-state index contributed by atoms with van der Waals surface area (Å²) in [7, 11) is 0. The Hall–Kier alpha value is -2.36. The van der Waals surface area contributed by atoms with E-state index in [1.54, 1.807) is 0 Å². The first-order valence-electron chi connectivity index (χ1n) is 7.24. The molecule has 1 unspecified atom stereocenters. The van der Waals surface area contributed by atoms with Crippen LogP contribution in [0.4, 0.5) is 5.69 Å². The van der Waals surface area contributed by atoms with Gasteiger partial charge in [0.1, 0.15) is 0 Å². The highest BCUT2D eigenvalue weighted by atomic mass is 16.1. The fourth-order valence-electron chi connectivity index (χ4n) is 2.65. The predicted molar refractivity (Wildman–Crippen MR) is 82.9 cm³/mol. The molecule has 0 radical (unpaired) electrons. The summed E-state index contributed by atoms with van der Waals surface area (Å²) in [5.41, 5.74) is 4.21. The van der Waals surface area contributed by atoms with Crippen LogP contribution in [0.3, 0.4) is 0 Å². The van der Waals surface area contributed by atoms with Crippen molar-refractivity contribution in [1.29, 1.82) is 0 Å². The van der Waals surface area contributed by atoms with E-state index in [2.05, 4.69) is 27.8 Å². The summed E-state index contributed by atoms with van der Waals surface area (Å²) < 4.78 is 0. The van der Waals surface area contributed by atoms with Crippen molar-refractivity contribution in [3.63, 3.8) is 0 Å². The summed E-state index contributed by atoms with van der Waals surface area (Å²) in [5.74, 6) is 0.0602. The van der Waals surface area contributed by atoms with Crippen molar-refractivity contribution in [2.45, 2.75) is 19.9 Å². The fourth-order valence-corrected chi connectivity index (χ4v) is 2.65. The van der Waals surface area contributed by atoms with Crippen LogP contribution in [-0.4, -0.2) is 17.4 Å². The number of benzene rings is 1. The number of carbonyl (C=O) groups is 1. The Morgan fingerprint density at radius 3 is 3.00 bits per heavy atom. The number of nitrogens with one attached hydrogen (secondary N) is 2. The third-order valence-corrected chi connectivity index (χ3v) is 3.78. The summed E-state index contributed by atoms with van der Waals surface area (Å²) >= 11 is 0. The van der Waals surface area contributed by atoms with Crippen LogP contribution in [0.5, 0.6) is 0 Å². The van der Waals surface area contributed by atoms with Crippen LogP contribution in [-0.2, 0) is 17.8 Å². The molecule has 0 saturated heterocycles. The molecule has 4 heteroatoms. The molecule has 2 heterocycles. The molecule has 0 aliphatic carbocycles. The lowest BCUT2D eigenvalue weighted by Gasteiger charge is -2.25. The monoisotopic (exact) mass is 281 g/mol. The predicted octanol–water partition coefficient (Wildman–Crippen LogP) is 2.29. The number of anilines is 1. The standard InChI is InChI=1S/C17H19N3O/c1-12-5-4-7-15(20-12)11-19-17(21)14-9-13-6-2-3-8-16(13)18-10-14/h2-8,14,18H,9-11H2,1H3,(H,19,21). The number of fused-ring (bicyclic) bond motifs is 1. The molecular weight excluding hydrogens is 262 g/mol. The minimum Gasteiger partial charge on any atom is -0.384 e. The molecule has 21 heavy (non-hydrogen) atoms. The molecule has 0 bridgehead atoms. The third kappa shape index (κ3) is 3.21. The quantitative estimate of drug-likeness (QED) is 0.907. The second-order valence-corrected chi connectivity index (χ2v) is 5.43. The van der Waals surface area contributed by atoms with E-state index in [-0.39, 0.29) is 11.8 Å². The topological polar surface area (TPSA) is 54.0 Å². The van der Waals surface area contributed by atoms with Gasteiger partial charge >= 0.3 is 0 Å². The third-order valence-electron chi connectivity index (χ3n) is 3.78. The number of aryl methyl sites for hydroxylation is 1. The maximum Gasteiger partial charge on any atom is 0.225 e. The van der Waals surface area contributed by atoms with Gasteiger partial charge in [-0.25, -0.2) is 0 Å². The highest BCUT2D eigenvalue weighted by Gasteiger charge is 2.23. The van der Waals surface area contributed by atoms with Crippen LogP contribution in [0.2, 0.25) is 0 Å². The number of carbonyl (C=O) groups excluding carboxylic acids is 1. The van der Waals surface area contributed by atoms with Gasteiger partial charge in [0.2, 0.25) is 5.91 Å². The van der Waals surface area contributed by atoms with Crippen molar-refractivity contribution < 1.29 is 4.79 Å². The Balaban J connectivity index is 1.59. The Labute approximate surface area is 124 Å². The second kappa shape index (κ2) is 5.95. The van der Waals surface area contributed by atoms with E-state index in [1.165, 1.54) is 5.56 Å². The van der Waals surface area contributed by atoms with Gasteiger partial charge in [-0.1, -0.05) is 24.3 Å². The summed E-state index contributed by atoms with van der Waals surface area (Å²) in [5, 5.41) is 6.31. The molecular formula is C17H19N3O. The largest absolute Gasteiger partial charge is 0.384 e. The summed E-state index contributed by atoms with van der Waals surface area (Å²) in [6, 6.07) is 14.0. The van der Waals surface area contributed by atoms with Gasteiger partial charge in [-0.2, -0.15) is 0 Å². The van der Waals surface area contributed by atoms with Crippen molar-refractivity contribution in [3.8, 4) is 0 Å². The lowest BCUT2D eigenvalue weighted by molar-refractivity contribution is -0.124. The maximum absolute atomic E-state index is 12.3. The molecule has 1 aromatic heterocycles. The van der Waals surface area contributed by atoms with E-state index in [9.17, 15) is 4.79 Å². The Morgan fingerprint density at radius 2 is 2.14 bits per heavy atom. The van der Waals surface area contributed by atoms with Crippen LogP contribution < -0.4 is 10.6 Å². The van der Waals surface area contributed by atoms with E-state index in [0.717, 1.165) is 23.5 Å². The molecule has 1 atom stereocenters. The van der Waals surface area contributed by atoms with Gasteiger partial charge in [0.05, 0.1) is 18.2 Å². The Bertz CT molecular complexity index is 654. The zero-order valence-corrected chi connectivity index (χ0v) is 12.1. The van der Waals surface area contributed by atoms with E-state index < -0.39 is 0 Å². The number of rotatable bonds is 3. The number of amides is 1. The van der Waals surface area contributed by atoms with Gasteiger partial charge < -0.3 is 10.6 Å². The fraction of sp³-hybridized carbons (Fsp3) is 0.294. The molecule has 1 amide bonds. The molecule has 0 saturated carbocycles. The molecule has 108 valence electrons. The molecule has 1 aromatic carbocycles. The molecule has 3 rings (SSSR count). The lowest BCUT2D eigenvalue weighted by atomic mass is 9.93. The average molecular weight is 281 g/mol. The first-order valence-corrected chi connectivity index (χ1v) is 7.24.